The van der Waals surface area contributed by atoms with Gasteiger partial charge >= 0.3 is 0 Å². The Morgan fingerprint density at radius 2 is 2.00 bits per heavy atom. The van der Waals surface area contributed by atoms with Gasteiger partial charge in [-0.15, -0.1) is 0 Å². The Kier molecular flexibility index (Phi) is 4.16. The minimum absolute atomic E-state index is 0.0673. The van der Waals surface area contributed by atoms with Crippen molar-refractivity contribution >= 4 is 40.5 Å². The number of nitro groups is 1. The molecule has 0 spiro atoms. The molecule has 2 aromatic rings. The van der Waals surface area contributed by atoms with Crippen molar-refractivity contribution in [3.8, 4) is 0 Å². The summed E-state index contributed by atoms with van der Waals surface area (Å²) in [5.74, 6) is -0.479. The van der Waals surface area contributed by atoms with Gasteiger partial charge in [0, 0.05) is 24.5 Å². The Bertz CT molecular complexity index is 691. The third-order valence-corrected chi connectivity index (χ3v) is 3.04. The Morgan fingerprint density at radius 3 is 2.60 bits per heavy atom. The number of pyridine rings is 1. The molecule has 1 amide bonds. The van der Waals surface area contributed by atoms with Gasteiger partial charge in [0.05, 0.1) is 26.2 Å². The van der Waals surface area contributed by atoms with Gasteiger partial charge in [-0.05, 0) is 12.1 Å². The van der Waals surface area contributed by atoms with Crippen LogP contribution in [0.2, 0.25) is 10.0 Å². The van der Waals surface area contributed by atoms with Crippen LogP contribution in [0.1, 0.15) is 10.4 Å². The Hall–Kier alpha value is -2.18. The molecule has 2 rings (SSSR count). The quantitative estimate of drug-likeness (QED) is 0.693. The normalized spacial score (nSPS) is 10.1. The Balaban J connectivity index is 2.25. The number of non-ortho nitro benzene ring substituents is 1. The predicted octanol–water partition coefficient (Wildman–Crippen LogP) is 3.55. The predicted molar refractivity (Wildman–Crippen MR) is 75.3 cm³/mol. The molecule has 0 fully saturated rings. The fraction of sp³-hybridized carbons (Fsp3) is 0. The fourth-order valence-corrected chi connectivity index (χ4v) is 1.90. The lowest BCUT2D eigenvalue weighted by Gasteiger charge is -2.07. The van der Waals surface area contributed by atoms with Gasteiger partial charge in [0.2, 0.25) is 0 Å². The number of rotatable bonds is 3. The van der Waals surface area contributed by atoms with E-state index in [9.17, 15) is 14.9 Å². The zero-order valence-electron chi connectivity index (χ0n) is 9.84. The van der Waals surface area contributed by atoms with E-state index < -0.39 is 10.8 Å². The zero-order chi connectivity index (χ0) is 14.7. The summed E-state index contributed by atoms with van der Waals surface area (Å²) in [5.41, 5.74) is 0.334. The first-order chi connectivity index (χ1) is 9.49. The molecule has 0 radical (unpaired) electrons. The van der Waals surface area contributed by atoms with Crippen LogP contribution >= 0.6 is 23.2 Å². The second-order valence-corrected chi connectivity index (χ2v) is 4.55. The van der Waals surface area contributed by atoms with Crippen LogP contribution in [0.3, 0.4) is 0 Å². The van der Waals surface area contributed by atoms with Crippen molar-refractivity contribution in [3.05, 3.63) is 62.4 Å². The van der Waals surface area contributed by atoms with E-state index in [1.807, 2.05) is 0 Å². The van der Waals surface area contributed by atoms with Crippen molar-refractivity contribution in [2.45, 2.75) is 0 Å². The van der Waals surface area contributed by atoms with Crippen molar-refractivity contribution in [1.82, 2.24) is 4.98 Å². The number of carbonyl (C=O) groups is 1. The number of nitrogens with zero attached hydrogens (tertiary/aromatic N) is 2. The number of hydrogen-bond acceptors (Lipinski definition) is 4. The Morgan fingerprint density at radius 1 is 1.25 bits per heavy atom. The third kappa shape index (κ3) is 3.04. The van der Waals surface area contributed by atoms with Crippen LogP contribution in [0.5, 0.6) is 0 Å². The first kappa shape index (κ1) is 14.2. The minimum Gasteiger partial charge on any atom is -0.321 e. The molecule has 1 aromatic heterocycles. The number of halogens is 2. The largest absolute Gasteiger partial charge is 0.321 e. The third-order valence-electron chi connectivity index (χ3n) is 2.43. The number of aromatic nitrogens is 1. The van der Waals surface area contributed by atoms with Crippen LogP contribution in [0, 0.1) is 10.1 Å². The minimum atomic E-state index is -0.572. The molecule has 0 aliphatic carbocycles. The van der Waals surface area contributed by atoms with Crippen LogP contribution in [0.25, 0.3) is 0 Å². The van der Waals surface area contributed by atoms with E-state index in [0.29, 0.717) is 0 Å². The highest BCUT2D eigenvalue weighted by Crippen LogP contribution is 2.27. The number of nitrogens with one attached hydrogen (secondary N) is 1. The molecule has 0 saturated heterocycles. The summed E-state index contributed by atoms with van der Waals surface area (Å²) in [6, 6.07) is 5.21. The molecule has 8 heteroatoms. The van der Waals surface area contributed by atoms with E-state index in [1.54, 1.807) is 0 Å². The van der Waals surface area contributed by atoms with Crippen LogP contribution in [0.15, 0.2) is 36.7 Å². The maximum Gasteiger partial charge on any atom is 0.271 e. The van der Waals surface area contributed by atoms with Gasteiger partial charge in [-0.2, -0.15) is 0 Å². The zero-order valence-corrected chi connectivity index (χ0v) is 11.4. The summed E-state index contributed by atoms with van der Waals surface area (Å²) in [6.45, 7) is 0. The van der Waals surface area contributed by atoms with Crippen LogP contribution < -0.4 is 5.32 Å². The highest BCUT2D eigenvalue weighted by atomic mass is 35.5. The summed E-state index contributed by atoms with van der Waals surface area (Å²) < 4.78 is 0. The van der Waals surface area contributed by atoms with E-state index in [1.165, 1.54) is 30.6 Å². The molecule has 6 nitrogen and oxygen atoms in total. The van der Waals surface area contributed by atoms with Crippen LogP contribution in [-0.4, -0.2) is 15.8 Å². The smallest absolute Gasteiger partial charge is 0.271 e. The van der Waals surface area contributed by atoms with Crippen molar-refractivity contribution in [1.29, 1.82) is 0 Å². The summed E-state index contributed by atoms with van der Waals surface area (Å²) in [7, 11) is 0. The first-order valence-corrected chi connectivity index (χ1v) is 6.09. The highest BCUT2D eigenvalue weighted by Gasteiger charge is 2.14. The molecule has 1 heterocycles. The molecule has 1 N–H and O–H groups in total. The molecule has 0 aliphatic heterocycles. The van der Waals surface area contributed by atoms with Gasteiger partial charge in [0.1, 0.15) is 0 Å². The van der Waals surface area contributed by atoms with Crippen LogP contribution in [0.4, 0.5) is 11.4 Å². The second kappa shape index (κ2) is 5.85. The standard InChI is InChI=1S/C12H7Cl2N3O3/c13-9-5-7(17(19)20)1-2-11(9)16-12(18)8-3-4-15-6-10(8)14/h1-6H,(H,16,18). The van der Waals surface area contributed by atoms with Crippen molar-refractivity contribution in [2.24, 2.45) is 0 Å². The maximum absolute atomic E-state index is 12.0. The van der Waals surface area contributed by atoms with E-state index in [0.717, 1.165) is 6.07 Å². The number of nitro benzene ring substituents is 1. The van der Waals surface area contributed by atoms with E-state index in [4.69, 9.17) is 23.2 Å². The summed E-state index contributed by atoms with van der Waals surface area (Å²) >= 11 is 11.7. The maximum atomic E-state index is 12.0. The number of amides is 1. The molecule has 0 unspecified atom stereocenters. The lowest BCUT2D eigenvalue weighted by Crippen LogP contribution is -2.13. The van der Waals surface area contributed by atoms with Gasteiger partial charge in [-0.25, -0.2) is 0 Å². The summed E-state index contributed by atoms with van der Waals surface area (Å²) in [6.07, 6.45) is 2.77. The highest BCUT2D eigenvalue weighted by molar-refractivity contribution is 6.36. The average molecular weight is 312 g/mol. The topological polar surface area (TPSA) is 85.1 Å². The SMILES string of the molecule is O=C(Nc1ccc([N+](=O)[O-])cc1Cl)c1ccncc1Cl. The molecule has 0 aliphatic rings. The molecule has 102 valence electrons. The van der Waals surface area contributed by atoms with E-state index in [-0.39, 0.29) is 27.0 Å². The fourth-order valence-electron chi connectivity index (χ4n) is 1.47. The Labute approximate surface area is 123 Å². The monoisotopic (exact) mass is 311 g/mol. The number of carbonyl (C=O) groups excluding carboxylic acids is 1. The van der Waals surface area contributed by atoms with Crippen molar-refractivity contribution in [2.75, 3.05) is 5.32 Å². The average Bonchev–Trinajstić information content (AvgIpc) is 2.41. The first-order valence-electron chi connectivity index (χ1n) is 5.34. The molecule has 20 heavy (non-hydrogen) atoms. The van der Waals surface area contributed by atoms with Crippen LogP contribution in [-0.2, 0) is 0 Å². The molecule has 1 aromatic carbocycles. The van der Waals surface area contributed by atoms with Gasteiger partial charge < -0.3 is 5.32 Å². The molecular formula is C12H7Cl2N3O3. The number of benzene rings is 1. The molecule has 0 bridgehead atoms. The molecule has 0 atom stereocenters. The van der Waals surface area contributed by atoms with Gasteiger partial charge in [0.25, 0.3) is 11.6 Å². The van der Waals surface area contributed by atoms with Crippen molar-refractivity contribution < 1.29 is 9.72 Å². The lowest BCUT2D eigenvalue weighted by molar-refractivity contribution is -0.384. The summed E-state index contributed by atoms with van der Waals surface area (Å²) in [5, 5.41) is 13.4. The van der Waals surface area contributed by atoms with E-state index in [2.05, 4.69) is 10.3 Å². The number of hydrogen-bond donors (Lipinski definition) is 1. The molecule has 0 saturated carbocycles. The van der Waals surface area contributed by atoms with E-state index >= 15 is 0 Å². The van der Waals surface area contributed by atoms with Gasteiger partial charge in [0.15, 0.2) is 0 Å². The number of anilines is 1. The van der Waals surface area contributed by atoms with Crippen molar-refractivity contribution in [3.63, 3.8) is 0 Å². The molecular weight excluding hydrogens is 305 g/mol. The van der Waals surface area contributed by atoms with Gasteiger partial charge in [-0.3, -0.25) is 19.9 Å². The van der Waals surface area contributed by atoms with Gasteiger partial charge in [-0.1, -0.05) is 23.2 Å². The lowest BCUT2D eigenvalue weighted by atomic mass is 10.2. The summed E-state index contributed by atoms with van der Waals surface area (Å²) in [4.78, 5) is 25.8. The second-order valence-electron chi connectivity index (χ2n) is 3.73.